The van der Waals surface area contributed by atoms with Gasteiger partial charge in [-0.1, -0.05) is 76.7 Å². The molecule has 2 heteroatoms. The lowest BCUT2D eigenvalue weighted by Gasteiger charge is -2.19. The fourth-order valence-electron chi connectivity index (χ4n) is 2.83. The summed E-state index contributed by atoms with van der Waals surface area (Å²) in [6.45, 7) is 4.40. The van der Waals surface area contributed by atoms with Crippen LogP contribution in [0.2, 0.25) is 0 Å². The molecular weight excluding hydrogens is 296 g/mol. The third kappa shape index (κ3) is 8.90. The van der Waals surface area contributed by atoms with Crippen LogP contribution in [-0.4, -0.2) is 12.4 Å². The van der Waals surface area contributed by atoms with Gasteiger partial charge < -0.3 is 4.74 Å². The molecule has 0 N–H and O–H groups in total. The summed E-state index contributed by atoms with van der Waals surface area (Å²) in [7, 11) is 0. The minimum atomic E-state index is 0.157. The summed E-state index contributed by atoms with van der Waals surface area (Å²) in [6, 6.07) is 7.51. The molecule has 0 aliphatic carbocycles. The Balaban J connectivity index is 2.45. The lowest BCUT2D eigenvalue weighted by Crippen LogP contribution is -2.16. The molecule has 0 amide bonds. The van der Waals surface area contributed by atoms with Crippen LogP contribution in [-0.2, 0) is 0 Å². The van der Waals surface area contributed by atoms with E-state index < -0.39 is 0 Å². The van der Waals surface area contributed by atoms with E-state index >= 15 is 0 Å². The summed E-state index contributed by atoms with van der Waals surface area (Å²) in [4.78, 5) is 11.2. The Morgan fingerprint density at radius 1 is 0.958 bits per heavy atom. The Bertz CT molecular complexity index is 465. The van der Waals surface area contributed by atoms with Crippen molar-refractivity contribution in [2.75, 3.05) is 0 Å². The van der Waals surface area contributed by atoms with Crippen molar-refractivity contribution in [3.05, 3.63) is 42.0 Å². The van der Waals surface area contributed by atoms with Gasteiger partial charge in [-0.05, 0) is 31.4 Å². The summed E-state index contributed by atoms with van der Waals surface area (Å²) in [5.41, 5.74) is 0.640. The van der Waals surface area contributed by atoms with E-state index in [1.54, 1.807) is 0 Å². The molecule has 0 spiro atoms. The number of aldehydes is 1. The molecule has 2 nitrogen and oxygen atoms in total. The van der Waals surface area contributed by atoms with Crippen LogP contribution >= 0.6 is 0 Å². The zero-order chi connectivity index (χ0) is 17.5. The number of carbonyl (C=O) groups excluding carboxylic acids is 1. The van der Waals surface area contributed by atoms with Gasteiger partial charge in [0.25, 0.3) is 0 Å². The number of para-hydroxylation sites is 1. The second-order valence-electron chi connectivity index (χ2n) is 6.42. The molecule has 0 aliphatic heterocycles. The van der Waals surface area contributed by atoms with E-state index in [1.807, 2.05) is 24.3 Å². The van der Waals surface area contributed by atoms with Crippen LogP contribution in [0.1, 0.15) is 88.4 Å². The van der Waals surface area contributed by atoms with Gasteiger partial charge in [0.05, 0.1) is 5.56 Å². The number of carbonyl (C=O) groups is 1. The van der Waals surface area contributed by atoms with Gasteiger partial charge in [-0.3, -0.25) is 4.79 Å². The average molecular weight is 331 g/mol. The number of ether oxygens (including phenoxy) is 1. The molecular formula is C22H34O2. The molecule has 1 aromatic carbocycles. The molecule has 0 heterocycles. The van der Waals surface area contributed by atoms with Crippen molar-refractivity contribution in [3.8, 4) is 5.75 Å². The minimum Gasteiger partial charge on any atom is -0.489 e. The van der Waals surface area contributed by atoms with Crippen molar-refractivity contribution >= 4 is 6.29 Å². The van der Waals surface area contributed by atoms with Crippen molar-refractivity contribution in [2.24, 2.45) is 0 Å². The van der Waals surface area contributed by atoms with Crippen LogP contribution in [0.5, 0.6) is 5.75 Å². The van der Waals surface area contributed by atoms with Crippen LogP contribution in [0, 0.1) is 0 Å². The van der Waals surface area contributed by atoms with Gasteiger partial charge >= 0.3 is 0 Å². The molecule has 24 heavy (non-hydrogen) atoms. The van der Waals surface area contributed by atoms with E-state index in [1.165, 1.54) is 44.9 Å². The van der Waals surface area contributed by atoms with Crippen LogP contribution in [0.25, 0.3) is 0 Å². The largest absolute Gasteiger partial charge is 0.489 e. The molecule has 0 saturated heterocycles. The SMILES string of the molecule is CCC=CCC(CCCCCCCCC)Oc1ccccc1C=O. The van der Waals surface area contributed by atoms with Gasteiger partial charge in [0.2, 0.25) is 0 Å². The highest BCUT2D eigenvalue weighted by molar-refractivity contribution is 5.79. The average Bonchev–Trinajstić information content (AvgIpc) is 2.61. The first-order valence-corrected chi connectivity index (χ1v) is 9.67. The Labute approximate surface area is 148 Å². The molecule has 0 bridgehead atoms. The number of rotatable bonds is 14. The molecule has 134 valence electrons. The molecule has 1 rings (SSSR count). The predicted octanol–water partition coefficient (Wildman–Crippen LogP) is 6.74. The Kier molecular flexibility index (Phi) is 11.8. The Hall–Kier alpha value is -1.57. The zero-order valence-corrected chi connectivity index (χ0v) is 15.5. The third-order valence-electron chi connectivity index (χ3n) is 4.27. The third-order valence-corrected chi connectivity index (χ3v) is 4.27. The molecule has 1 atom stereocenters. The van der Waals surface area contributed by atoms with Crippen molar-refractivity contribution in [1.29, 1.82) is 0 Å². The van der Waals surface area contributed by atoms with Crippen LogP contribution in [0.15, 0.2) is 36.4 Å². The Morgan fingerprint density at radius 3 is 2.38 bits per heavy atom. The number of hydrogen-bond acceptors (Lipinski definition) is 2. The monoisotopic (exact) mass is 330 g/mol. The van der Waals surface area contributed by atoms with Crippen molar-refractivity contribution in [2.45, 2.75) is 84.2 Å². The summed E-state index contributed by atoms with van der Waals surface area (Å²) in [6.07, 6.45) is 17.6. The standard InChI is InChI=1S/C22H34O2/c1-3-5-7-8-9-10-12-17-21(16-11-6-4-2)24-22-18-14-13-15-20(22)19-23/h6,11,13-15,18-19,21H,3-5,7-10,12,16-17H2,1-2H3. The molecule has 0 aromatic heterocycles. The number of benzene rings is 1. The molecule has 0 saturated carbocycles. The van der Waals surface area contributed by atoms with Crippen molar-refractivity contribution in [3.63, 3.8) is 0 Å². The van der Waals surface area contributed by atoms with E-state index in [0.29, 0.717) is 11.3 Å². The summed E-state index contributed by atoms with van der Waals surface area (Å²) in [5.74, 6) is 0.713. The highest BCUT2D eigenvalue weighted by atomic mass is 16.5. The van der Waals surface area contributed by atoms with Gasteiger partial charge in [-0.2, -0.15) is 0 Å². The number of allylic oxidation sites excluding steroid dienone is 1. The first-order valence-electron chi connectivity index (χ1n) is 9.67. The fourth-order valence-corrected chi connectivity index (χ4v) is 2.83. The smallest absolute Gasteiger partial charge is 0.153 e. The maximum Gasteiger partial charge on any atom is 0.153 e. The van der Waals surface area contributed by atoms with Gasteiger partial charge in [-0.15, -0.1) is 0 Å². The summed E-state index contributed by atoms with van der Waals surface area (Å²) in [5, 5.41) is 0. The second-order valence-corrected chi connectivity index (χ2v) is 6.42. The molecule has 0 fully saturated rings. The predicted molar refractivity (Wildman–Crippen MR) is 103 cm³/mol. The summed E-state index contributed by atoms with van der Waals surface area (Å²) < 4.78 is 6.15. The first-order chi connectivity index (χ1) is 11.8. The number of unbranched alkanes of at least 4 members (excludes halogenated alkanes) is 6. The van der Waals surface area contributed by atoms with E-state index in [2.05, 4.69) is 26.0 Å². The molecule has 0 aliphatic rings. The van der Waals surface area contributed by atoms with E-state index in [4.69, 9.17) is 4.74 Å². The summed E-state index contributed by atoms with van der Waals surface area (Å²) >= 11 is 0. The van der Waals surface area contributed by atoms with Crippen LogP contribution in [0.3, 0.4) is 0 Å². The van der Waals surface area contributed by atoms with Crippen molar-refractivity contribution in [1.82, 2.24) is 0 Å². The lowest BCUT2D eigenvalue weighted by atomic mass is 10.0. The molecule has 0 radical (unpaired) electrons. The van der Waals surface area contributed by atoms with Crippen molar-refractivity contribution < 1.29 is 9.53 Å². The maximum atomic E-state index is 11.2. The van der Waals surface area contributed by atoms with E-state index in [0.717, 1.165) is 25.5 Å². The topological polar surface area (TPSA) is 26.3 Å². The Morgan fingerprint density at radius 2 is 1.67 bits per heavy atom. The minimum absolute atomic E-state index is 0.157. The van der Waals surface area contributed by atoms with E-state index in [9.17, 15) is 4.79 Å². The molecule has 1 unspecified atom stereocenters. The van der Waals surface area contributed by atoms with Gasteiger partial charge in [0.15, 0.2) is 6.29 Å². The van der Waals surface area contributed by atoms with E-state index in [-0.39, 0.29) is 6.10 Å². The fraction of sp³-hybridized carbons (Fsp3) is 0.591. The first kappa shape index (κ1) is 20.5. The van der Waals surface area contributed by atoms with Gasteiger partial charge in [0.1, 0.15) is 11.9 Å². The van der Waals surface area contributed by atoms with Gasteiger partial charge in [0, 0.05) is 6.42 Å². The highest BCUT2D eigenvalue weighted by Crippen LogP contribution is 2.21. The quantitative estimate of drug-likeness (QED) is 0.214. The van der Waals surface area contributed by atoms with Crippen LogP contribution in [0.4, 0.5) is 0 Å². The van der Waals surface area contributed by atoms with Crippen LogP contribution < -0.4 is 4.74 Å². The maximum absolute atomic E-state index is 11.2. The second kappa shape index (κ2) is 13.8. The molecule has 1 aromatic rings. The lowest BCUT2D eigenvalue weighted by molar-refractivity contribution is 0.111. The highest BCUT2D eigenvalue weighted by Gasteiger charge is 2.11. The number of hydrogen-bond donors (Lipinski definition) is 0. The normalized spacial score (nSPS) is 12.4. The zero-order valence-electron chi connectivity index (χ0n) is 15.5. The van der Waals surface area contributed by atoms with Gasteiger partial charge in [-0.25, -0.2) is 0 Å².